The fraction of sp³-hybridized carbons (Fsp3) is 0.526. The zero-order chi connectivity index (χ0) is 17.8. The lowest BCUT2D eigenvalue weighted by Gasteiger charge is -2.38. The molecule has 1 amide bonds. The highest BCUT2D eigenvalue weighted by Crippen LogP contribution is 2.31. The predicted molar refractivity (Wildman–Crippen MR) is 95.0 cm³/mol. The molecule has 2 heterocycles. The number of carbonyl (C=O) groups excluding carboxylic acids is 1. The molecule has 6 heteroatoms. The Kier molecular flexibility index (Phi) is 5.48. The number of aryl methyl sites for hydroxylation is 2. The fourth-order valence-electron chi connectivity index (χ4n) is 3.33. The summed E-state index contributed by atoms with van der Waals surface area (Å²) in [6.07, 6.45) is 4.77. The summed E-state index contributed by atoms with van der Waals surface area (Å²) in [6, 6.07) is 5.84. The summed E-state index contributed by atoms with van der Waals surface area (Å²) < 4.78 is 0. The van der Waals surface area contributed by atoms with Crippen LogP contribution in [-0.2, 0) is 17.6 Å². The molecule has 1 fully saturated rings. The van der Waals surface area contributed by atoms with Gasteiger partial charge in [-0.2, -0.15) is 5.10 Å². The molecule has 3 rings (SSSR count). The van der Waals surface area contributed by atoms with Gasteiger partial charge in [0.2, 0.25) is 5.91 Å². The Morgan fingerprint density at radius 2 is 2.20 bits per heavy atom. The minimum Gasteiger partial charge on any atom is -0.393 e. The first-order chi connectivity index (χ1) is 12.0. The third-order valence-corrected chi connectivity index (χ3v) is 5.16. The Hall–Kier alpha value is -2.21. The molecule has 0 aromatic carbocycles. The maximum Gasteiger partial charge on any atom is 0.220 e. The van der Waals surface area contributed by atoms with Crippen molar-refractivity contribution >= 4 is 5.91 Å². The van der Waals surface area contributed by atoms with Gasteiger partial charge < -0.3 is 10.4 Å². The van der Waals surface area contributed by atoms with Gasteiger partial charge in [-0.3, -0.25) is 14.9 Å². The van der Waals surface area contributed by atoms with E-state index < -0.39 is 0 Å². The zero-order valence-electron chi connectivity index (χ0n) is 14.8. The molecule has 25 heavy (non-hydrogen) atoms. The number of aromatic nitrogens is 3. The first-order valence-corrected chi connectivity index (χ1v) is 8.90. The number of nitrogens with zero attached hydrogens (tertiary/aromatic N) is 2. The highest BCUT2D eigenvalue weighted by molar-refractivity contribution is 5.76. The van der Waals surface area contributed by atoms with Crippen molar-refractivity contribution in [3.63, 3.8) is 0 Å². The molecule has 3 N–H and O–H groups in total. The Bertz CT molecular complexity index is 707. The van der Waals surface area contributed by atoms with E-state index in [4.69, 9.17) is 0 Å². The van der Waals surface area contributed by atoms with Crippen LogP contribution in [0.15, 0.2) is 24.4 Å². The summed E-state index contributed by atoms with van der Waals surface area (Å²) in [5.41, 5.74) is 4.09. The van der Waals surface area contributed by atoms with Crippen molar-refractivity contribution in [3.8, 4) is 0 Å². The lowest BCUT2D eigenvalue weighted by molar-refractivity contribution is -0.122. The quantitative estimate of drug-likeness (QED) is 0.716. The third kappa shape index (κ3) is 4.45. The van der Waals surface area contributed by atoms with E-state index in [0.717, 1.165) is 35.5 Å². The molecule has 1 aliphatic carbocycles. The third-order valence-electron chi connectivity index (χ3n) is 5.16. The maximum absolute atomic E-state index is 12.4. The zero-order valence-corrected chi connectivity index (χ0v) is 14.8. The number of hydrogen-bond acceptors (Lipinski definition) is 4. The van der Waals surface area contributed by atoms with Gasteiger partial charge in [-0.1, -0.05) is 6.07 Å². The Morgan fingerprint density at radius 3 is 2.80 bits per heavy atom. The number of rotatable bonds is 7. The number of amides is 1. The molecular formula is C19H26N4O2. The van der Waals surface area contributed by atoms with Crippen molar-refractivity contribution in [3.05, 3.63) is 47.0 Å². The van der Waals surface area contributed by atoms with Crippen molar-refractivity contribution in [2.75, 3.05) is 0 Å². The molecular weight excluding hydrogens is 316 g/mol. The van der Waals surface area contributed by atoms with E-state index in [1.165, 1.54) is 0 Å². The van der Waals surface area contributed by atoms with E-state index in [1.807, 2.05) is 32.0 Å². The van der Waals surface area contributed by atoms with E-state index in [2.05, 4.69) is 20.5 Å². The monoisotopic (exact) mass is 342 g/mol. The van der Waals surface area contributed by atoms with Crippen molar-refractivity contribution in [2.24, 2.45) is 5.92 Å². The van der Waals surface area contributed by atoms with E-state index in [1.54, 1.807) is 6.20 Å². The molecule has 0 radical (unpaired) electrons. The van der Waals surface area contributed by atoms with Crippen molar-refractivity contribution in [1.29, 1.82) is 0 Å². The standard InChI is InChI=1S/C19H26N4O2/c1-12-13(2)22-23-17(12)6-7-19(25)21-18(14-9-16(24)10-14)11-15-5-3-4-8-20-15/h3-5,8,14,16,18,24H,6-7,9-11H2,1-2H3,(H,21,25)(H,22,23). The van der Waals surface area contributed by atoms with Crippen molar-refractivity contribution in [2.45, 2.75) is 58.1 Å². The molecule has 2 aromatic heterocycles. The molecule has 0 saturated heterocycles. The van der Waals surface area contributed by atoms with Crippen LogP contribution in [0.3, 0.4) is 0 Å². The second-order valence-corrected chi connectivity index (χ2v) is 7.00. The van der Waals surface area contributed by atoms with Crippen LogP contribution in [0.5, 0.6) is 0 Å². The van der Waals surface area contributed by atoms with Gasteiger partial charge in [0, 0.05) is 42.9 Å². The van der Waals surface area contributed by atoms with Crippen molar-refractivity contribution in [1.82, 2.24) is 20.5 Å². The van der Waals surface area contributed by atoms with Gasteiger partial charge in [0.15, 0.2) is 0 Å². The maximum atomic E-state index is 12.4. The molecule has 6 nitrogen and oxygen atoms in total. The smallest absolute Gasteiger partial charge is 0.220 e. The summed E-state index contributed by atoms with van der Waals surface area (Å²) in [5.74, 6) is 0.345. The Morgan fingerprint density at radius 1 is 1.40 bits per heavy atom. The summed E-state index contributed by atoms with van der Waals surface area (Å²) in [7, 11) is 0. The summed E-state index contributed by atoms with van der Waals surface area (Å²) in [4.78, 5) is 16.8. The number of pyridine rings is 1. The van der Waals surface area contributed by atoms with Crippen LogP contribution in [0.25, 0.3) is 0 Å². The normalized spacial score (nSPS) is 20.8. The number of hydrogen-bond donors (Lipinski definition) is 3. The molecule has 1 saturated carbocycles. The highest BCUT2D eigenvalue weighted by Gasteiger charge is 2.34. The average Bonchev–Trinajstić information content (AvgIpc) is 2.89. The largest absolute Gasteiger partial charge is 0.393 e. The lowest BCUT2D eigenvalue weighted by atomic mass is 9.76. The second kappa shape index (κ2) is 7.78. The van der Waals surface area contributed by atoms with Crippen LogP contribution >= 0.6 is 0 Å². The van der Waals surface area contributed by atoms with E-state index in [-0.39, 0.29) is 18.1 Å². The van der Waals surface area contributed by atoms with Crippen LogP contribution in [0, 0.1) is 19.8 Å². The van der Waals surface area contributed by atoms with E-state index in [0.29, 0.717) is 25.2 Å². The summed E-state index contributed by atoms with van der Waals surface area (Å²) >= 11 is 0. The van der Waals surface area contributed by atoms with Gasteiger partial charge in [-0.25, -0.2) is 0 Å². The molecule has 2 aromatic rings. The predicted octanol–water partition coefficient (Wildman–Crippen LogP) is 1.85. The SMILES string of the molecule is Cc1[nH]nc(CCC(=O)NC(Cc2ccccn2)C2CC(O)C2)c1C. The average molecular weight is 342 g/mol. The number of nitrogens with one attached hydrogen (secondary N) is 2. The molecule has 134 valence electrons. The molecule has 1 atom stereocenters. The van der Waals surface area contributed by atoms with Gasteiger partial charge in [-0.05, 0) is 50.3 Å². The molecule has 1 unspecified atom stereocenters. The molecule has 0 aliphatic heterocycles. The van der Waals surface area contributed by atoms with Crippen LogP contribution < -0.4 is 5.32 Å². The fourth-order valence-corrected chi connectivity index (χ4v) is 3.33. The summed E-state index contributed by atoms with van der Waals surface area (Å²) in [5, 5.41) is 20.0. The van der Waals surface area contributed by atoms with Gasteiger partial charge in [0.1, 0.15) is 0 Å². The van der Waals surface area contributed by atoms with Crippen LogP contribution in [0.1, 0.15) is 41.9 Å². The Labute approximate surface area is 148 Å². The number of aromatic amines is 1. The van der Waals surface area contributed by atoms with Gasteiger partial charge in [0.25, 0.3) is 0 Å². The lowest BCUT2D eigenvalue weighted by Crippen LogP contribution is -2.48. The van der Waals surface area contributed by atoms with Gasteiger partial charge >= 0.3 is 0 Å². The minimum absolute atomic E-state index is 0.0211. The van der Waals surface area contributed by atoms with E-state index >= 15 is 0 Å². The first-order valence-electron chi connectivity index (χ1n) is 8.90. The molecule has 0 spiro atoms. The highest BCUT2D eigenvalue weighted by atomic mass is 16.3. The summed E-state index contributed by atoms with van der Waals surface area (Å²) in [6.45, 7) is 4.00. The van der Waals surface area contributed by atoms with Crippen molar-refractivity contribution < 1.29 is 9.90 Å². The number of carbonyl (C=O) groups is 1. The van der Waals surface area contributed by atoms with E-state index in [9.17, 15) is 9.90 Å². The van der Waals surface area contributed by atoms with Gasteiger partial charge in [0.05, 0.1) is 11.8 Å². The molecule has 1 aliphatic rings. The topological polar surface area (TPSA) is 90.9 Å². The second-order valence-electron chi connectivity index (χ2n) is 7.00. The first kappa shape index (κ1) is 17.6. The van der Waals surface area contributed by atoms with Crippen LogP contribution in [0.4, 0.5) is 0 Å². The van der Waals surface area contributed by atoms with Gasteiger partial charge in [-0.15, -0.1) is 0 Å². The Balaban J connectivity index is 1.57. The number of aliphatic hydroxyl groups excluding tert-OH is 1. The minimum atomic E-state index is -0.234. The molecule has 0 bridgehead atoms. The van der Waals surface area contributed by atoms with Crippen LogP contribution in [-0.4, -0.2) is 38.3 Å². The number of aliphatic hydroxyl groups is 1. The number of H-pyrrole nitrogens is 1. The van der Waals surface area contributed by atoms with Crippen LogP contribution in [0.2, 0.25) is 0 Å².